The molecule has 3 rings (SSSR count). The molecular weight excluding hydrogens is 266 g/mol. The van der Waals surface area contributed by atoms with Crippen molar-refractivity contribution in [3.8, 4) is 0 Å². The molecule has 0 unspecified atom stereocenters. The highest BCUT2D eigenvalue weighted by Gasteiger charge is 2.30. The SMILES string of the molecule is Cc1cncnc1C1CCN(C(=O)[C@H]2CCCCO2)CC1. The van der Waals surface area contributed by atoms with Gasteiger partial charge in [0.25, 0.3) is 5.91 Å². The van der Waals surface area contributed by atoms with Crippen molar-refractivity contribution in [1.82, 2.24) is 14.9 Å². The summed E-state index contributed by atoms with van der Waals surface area (Å²) in [5, 5.41) is 0. The van der Waals surface area contributed by atoms with Gasteiger partial charge in [-0.15, -0.1) is 0 Å². The van der Waals surface area contributed by atoms with Crippen molar-refractivity contribution in [3.63, 3.8) is 0 Å². The van der Waals surface area contributed by atoms with Gasteiger partial charge in [-0.05, 0) is 44.6 Å². The second-order valence-corrected chi connectivity index (χ2v) is 6.05. The molecule has 2 aliphatic rings. The van der Waals surface area contributed by atoms with E-state index in [2.05, 4.69) is 16.9 Å². The number of carbonyl (C=O) groups is 1. The Labute approximate surface area is 125 Å². The lowest BCUT2D eigenvalue weighted by molar-refractivity contribution is -0.147. The second-order valence-electron chi connectivity index (χ2n) is 6.05. The molecule has 0 aromatic carbocycles. The van der Waals surface area contributed by atoms with Gasteiger partial charge < -0.3 is 9.64 Å². The number of ether oxygens (including phenoxy) is 1. The topological polar surface area (TPSA) is 55.3 Å². The first-order valence-electron chi connectivity index (χ1n) is 7.92. The molecule has 114 valence electrons. The van der Waals surface area contributed by atoms with Crippen molar-refractivity contribution in [2.75, 3.05) is 19.7 Å². The predicted molar refractivity (Wildman–Crippen MR) is 78.9 cm³/mol. The van der Waals surface area contributed by atoms with Crippen molar-refractivity contribution < 1.29 is 9.53 Å². The zero-order valence-corrected chi connectivity index (χ0v) is 12.6. The Morgan fingerprint density at radius 2 is 2.10 bits per heavy atom. The number of aromatic nitrogens is 2. The average Bonchev–Trinajstić information content (AvgIpc) is 2.56. The lowest BCUT2D eigenvalue weighted by Crippen LogP contribution is -2.45. The van der Waals surface area contributed by atoms with Gasteiger partial charge >= 0.3 is 0 Å². The van der Waals surface area contributed by atoms with E-state index in [0.717, 1.165) is 63.1 Å². The smallest absolute Gasteiger partial charge is 0.251 e. The minimum Gasteiger partial charge on any atom is -0.368 e. The molecule has 0 bridgehead atoms. The monoisotopic (exact) mass is 289 g/mol. The van der Waals surface area contributed by atoms with Gasteiger partial charge in [0.1, 0.15) is 12.4 Å². The number of amides is 1. The van der Waals surface area contributed by atoms with Gasteiger partial charge in [-0.2, -0.15) is 0 Å². The third kappa shape index (κ3) is 3.23. The highest BCUT2D eigenvalue weighted by Crippen LogP contribution is 2.29. The van der Waals surface area contributed by atoms with Crippen LogP contribution in [0.1, 0.15) is 49.3 Å². The quantitative estimate of drug-likeness (QED) is 0.836. The van der Waals surface area contributed by atoms with Gasteiger partial charge in [0.15, 0.2) is 0 Å². The molecule has 5 nitrogen and oxygen atoms in total. The summed E-state index contributed by atoms with van der Waals surface area (Å²) in [5.41, 5.74) is 2.30. The third-order valence-corrected chi connectivity index (χ3v) is 4.58. The molecule has 2 aliphatic heterocycles. The molecule has 0 aliphatic carbocycles. The molecule has 1 aromatic heterocycles. The van der Waals surface area contributed by atoms with Crippen LogP contribution >= 0.6 is 0 Å². The maximum absolute atomic E-state index is 12.4. The van der Waals surface area contributed by atoms with Crippen LogP contribution in [0.15, 0.2) is 12.5 Å². The number of rotatable bonds is 2. The largest absolute Gasteiger partial charge is 0.368 e. The lowest BCUT2D eigenvalue weighted by atomic mass is 9.91. The Morgan fingerprint density at radius 3 is 2.76 bits per heavy atom. The summed E-state index contributed by atoms with van der Waals surface area (Å²) in [5.74, 6) is 0.636. The van der Waals surface area contributed by atoms with Crippen molar-refractivity contribution in [2.45, 2.75) is 51.0 Å². The highest BCUT2D eigenvalue weighted by molar-refractivity contribution is 5.81. The van der Waals surface area contributed by atoms with E-state index < -0.39 is 0 Å². The molecule has 1 aromatic rings. The zero-order valence-electron chi connectivity index (χ0n) is 12.6. The molecule has 0 N–H and O–H groups in total. The first kappa shape index (κ1) is 14.4. The molecule has 1 amide bonds. The summed E-state index contributed by atoms with van der Waals surface area (Å²) in [6.07, 6.45) is 8.32. The van der Waals surface area contributed by atoms with Crippen LogP contribution in [-0.4, -0.2) is 46.6 Å². The molecule has 1 atom stereocenters. The van der Waals surface area contributed by atoms with E-state index in [1.54, 1.807) is 6.33 Å². The molecule has 0 saturated carbocycles. The maximum Gasteiger partial charge on any atom is 0.251 e. The van der Waals surface area contributed by atoms with Crippen LogP contribution in [0.5, 0.6) is 0 Å². The Hall–Kier alpha value is -1.49. The van der Waals surface area contributed by atoms with E-state index in [9.17, 15) is 4.79 Å². The molecule has 2 fully saturated rings. The van der Waals surface area contributed by atoms with Gasteiger partial charge in [-0.1, -0.05) is 0 Å². The van der Waals surface area contributed by atoms with Crippen LogP contribution in [0.4, 0.5) is 0 Å². The number of likely N-dealkylation sites (tertiary alicyclic amines) is 1. The number of aryl methyl sites for hydroxylation is 1. The fourth-order valence-electron chi connectivity index (χ4n) is 3.35. The van der Waals surface area contributed by atoms with Crippen molar-refractivity contribution in [1.29, 1.82) is 0 Å². The van der Waals surface area contributed by atoms with Crippen LogP contribution in [-0.2, 0) is 9.53 Å². The molecule has 2 saturated heterocycles. The molecule has 0 spiro atoms. The Kier molecular flexibility index (Phi) is 4.48. The van der Waals surface area contributed by atoms with E-state index in [4.69, 9.17) is 4.74 Å². The minimum atomic E-state index is -0.198. The minimum absolute atomic E-state index is 0.188. The van der Waals surface area contributed by atoms with Crippen molar-refractivity contribution in [3.05, 3.63) is 23.8 Å². The molecule has 5 heteroatoms. The summed E-state index contributed by atoms with van der Waals surface area (Å²) in [7, 11) is 0. The maximum atomic E-state index is 12.4. The summed E-state index contributed by atoms with van der Waals surface area (Å²) in [6, 6.07) is 0. The summed E-state index contributed by atoms with van der Waals surface area (Å²) in [4.78, 5) is 22.9. The van der Waals surface area contributed by atoms with Crippen LogP contribution in [0.2, 0.25) is 0 Å². The summed E-state index contributed by atoms with van der Waals surface area (Å²) >= 11 is 0. The first-order valence-corrected chi connectivity index (χ1v) is 7.92. The number of carbonyl (C=O) groups excluding carboxylic acids is 1. The van der Waals surface area contributed by atoms with Crippen LogP contribution in [0, 0.1) is 6.92 Å². The van der Waals surface area contributed by atoms with E-state index >= 15 is 0 Å². The second kappa shape index (κ2) is 6.52. The molecule has 21 heavy (non-hydrogen) atoms. The predicted octanol–water partition coefficient (Wildman–Crippen LogP) is 2.06. The third-order valence-electron chi connectivity index (χ3n) is 4.58. The van der Waals surface area contributed by atoms with Gasteiger partial charge in [-0.3, -0.25) is 4.79 Å². The normalized spacial score (nSPS) is 24.0. The van der Waals surface area contributed by atoms with Crippen LogP contribution in [0.25, 0.3) is 0 Å². The Morgan fingerprint density at radius 1 is 1.29 bits per heavy atom. The summed E-state index contributed by atoms with van der Waals surface area (Å²) in [6.45, 7) is 4.41. The van der Waals surface area contributed by atoms with Crippen molar-refractivity contribution in [2.24, 2.45) is 0 Å². The van der Waals surface area contributed by atoms with E-state index in [1.807, 2.05) is 11.1 Å². The molecule has 0 radical (unpaired) electrons. The molecule has 3 heterocycles. The summed E-state index contributed by atoms with van der Waals surface area (Å²) < 4.78 is 5.61. The number of hydrogen-bond donors (Lipinski definition) is 0. The average molecular weight is 289 g/mol. The van der Waals surface area contributed by atoms with Gasteiger partial charge in [0.2, 0.25) is 0 Å². The van der Waals surface area contributed by atoms with E-state index in [-0.39, 0.29) is 12.0 Å². The highest BCUT2D eigenvalue weighted by atomic mass is 16.5. The number of hydrogen-bond acceptors (Lipinski definition) is 4. The Bertz CT molecular complexity index is 492. The van der Waals surface area contributed by atoms with Gasteiger partial charge in [0.05, 0.1) is 0 Å². The zero-order chi connectivity index (χ0) is 14.7. The van der Waals surface area contributed by atoms with Gasteiger partial charge in [-0.25, -0.2) is 9.97 Å². The fourth-order valence-corrected chi connectivity index (χ4v) is 3.35. The number of piperidine rings is 1. The van der Waals surface area contributed by atoms with Crippen molar-refractivity contribution >= 4 is 5.91 Å². The van der Waals surface area contributed by atoms with E-state index in [1.165, 1.54) is 0 Å². The Balaban J connectivity index is 1.57. The van der Waals surface area contributed by atoms with E-state index in [0.29, 0.717) is 5.92 Å². The first-order chi connectivity index (χ1) is 10.3. The van der Waals surface area contributed by atoms with Crippen LogP contribution in [0.3, 0.4) is 0 Å². The standard InChI is InChI=1S/C16H23N3O2/c1-12-10-17-11-18-15(12)13-5-7-19(8-6-13)16(20)14-4-2-3-9-21-14/h10-11,13-14H,2-9H2,1H3/t14-/m1/s1. The van der Waals surface area contributed by atoms with Gasteiger partial charge in [0, 0.05) is 37.5 Å². The molecular formula is C16H23N3O2. The van der Waals surface area contributed by atoms with Crippen LogP contribution < -0.4 is 0 Å². The fraction of sp³-hybridized carbons (Fsp3) is 0.688. The lowest BCUT2D eigenvalue weighted by Gasteiger charge is -2.35. The number of nitrogens with zero attached hydrogens (tertiary/aromatic N) is 3.